The van der Waals surface area contributed by atoms with E-state index in [1.165, 1.54) is 0 Å². The molecule has 4 N–H and O–H groups in total. The molecular formula is C23H20N6O2. The Morgan fingerprint density at radius 2 is 1.74 bits per heavy atom. The topological polar surface area (TPSA) is 120 Å². The zero-order chi connectivity index (χ0) is 21.2. The number of amides is 1. The van der Waals surface area contributed by atoms with Crippen LogP contribution in [0.15, 0.2) is 67.0 Å². The second-order valence-corrected chi connectivity index (χ2v) is 7.24. The van der Waals surface area contributed by atoms with Crippen molar-refractivity contribution in [3.63, 3.8) is 0 Å². The van der Waals surface area contributed by atoms with Gasteiger partial charge in [-0.15, -0.1) is 0 Å². The Balaban J connectivity index is 1.47. The second-order valence-electron chi connectivity index (χ2n) is 7.24. The molecule has 2 aromatic carbocycles. The van der Waals surface area contributed by atoms with Gasteiger partial charge in [0.2, 0.25) is 5.82 Å². The summed E-state index contributed by atoms with van der Waals surface area (Å²) in [4.78, 5) is 25.8. The van der Waals surface area contributed by atoms with Gasteiger partial charge in [0.25, 0.3) is 5.91 Å². The fraction of sp³-hybridized carbons (Fsp3) is 0.130. The number of carbonyl (C=O) groups is 1. The summed E-state index contributed by atoms with van der Waals surface area (Å²) in [6, 6.07) is 16.9. The molecule has 1 amide bonds. The first kappa shape index (κ1) is 19.0. The summed E-state index contributed by atoms with van der Waals surface area (Å²) < 4.78 is 0. The van der Waals surface area contributed by atoms with Crippen molar-refractivity contribution in [2.45, 2.75) is 12.5 Å². The molecule has 0 saturated carbocycles. The predicted molar refractivity (Wildman–Crippen MR) is 117 cm³/mol. The minimum atomic E-state index is -0.372. The van der Waals surface area contributed by atoms with Gasteiger partial charge in [0.1, 0.15) is 0 Å². The molecule has 5 rings (SSSR count). The van der Waals surface area contributed by atoms with Gasteiger partial charge in [-0.3, -0.25) is 14.9 Å². The third kappa shape index (κ3) is 3.64. The van der Waals surface area contributed by atoms with E-state index in [0.717, 1.165) is 27.7 Å². The highest BCUT2D eigenvalue weighted by molar-refractivity contribution is 6.02. The number of benzene rings is 2. The molecule has 31 heavy (non-hydrogen) atoms. The standard InChI is InChI=1S/C23H20N6O2/c30-11-8-17(14-4-2-1-3-5-14)27-23(31)22-25-19-12-16-18(13-20(19)26-22)28-29-21(16)15-6-9-24-10-7-15/h1-7,9-10,12-13,17,28-30H,8,11H2,(H,27,31). The highest BCUT2D eigenvalue weighted by atomic mass is 16.3. The predicted octanol–water partition coefficient (Wildman–Crippen LogP) is 3.35. The number of aromatic nitrogens is 5. The molecule has 3 heterocycles. The van der Waals surface area contributed by atoms with Gasteiger partial charge in [-0.2, -0.15) is 0 Å². The number of pyridine rings is 1. The highest BCUT2D eigenvalue weighted by Gasteiger charge is 2.19. The lowest BCUT2D eigenvalue weighted by Crippen LogP contribution is -2.30. The van der Waals surface area contributed by atoms with Gasteiger partial charge in [-0.05, 0) is 36.2 Å². The van der Waals surface area contributed by atoms with Crippen molar-refractivity contribution in [3.05, 3.63) is 78.4 Å². The van der Waals surface area contributed by atoms with Crippen LogP contribution in [0.3, 0.4) is 0 Å². The minimum Gasteiger partial charge on any atom is -0.396 e. The first-order valence-corrected chi connectivity index (χ1v) is 9.98. The van der Waals surface area contributed by atoms with E-state index >= 15 is 0 Å². The lowest BCUT2D eigenvalue weighted by Gasteiger charge is -2.17. The largest absolute Gasteiger partial charge is 0.396 e. The van der Waals surface area contributed by atoms with Crippen LogP contribution in [0.5, 0.6) is 0 Å². The van der Waals surface area contributed by atoms with Crippen LogP contribution < -0.4 is 5.32 Å². The number of rotatable bonds is 6. The minimum absolute atomic E-state index is 0.0390. The van der Waals surface area contributed by atoms with E-state index in [-0.39, 0.29) is 24.4 Å². The molecule has 8 heteroatoms. The molecule has 1 atom stereocenters. The first-order valence-electron chi connectivity index (χ1n) is 9.98. The number of nitrogens with one attached hydrogen (secondary N) is 3. The molecule has 8 nitrogen and oxygen atoms in total. The van der Waals surface area contributed by atoms with E-state index in [4.69, 9.17) is 0 Å². The van der Waals surface area contributed by atoms with Crippen LogP contribution in [0.4, 0.5) is 0 Å². The maximum Gasteiger partial charge on any atom is 0.289 e. The maximum atomic E-state index is 12.9. The summed E-state index contributed by atoms with van der Waals surface area (Å²) in [5, 5.41) is 19.6. The van der Waals surface area contributed by atoms with Gasteiger partial charge < -0.3 is 15.5 Å². The molecule has 0 bridgehead atoms. The summed E-state index contributed by atoms with van der Waals surface area (Å²) in [6.45, 7) is -0.0390. The molecule has 1 unspecified atom stereocenters. The van der Waals surface area contributed by atoms with Crippen LogP contribution in [-0.2, 0) is 0 Å². The normalized spacial score (nSPS) is 12.3. The van der Waals surface area contributed by atoms with Crippen LogP contribution >= 0.6 is 0 Å². The zero-order valence-electron chi connectivity index (χ0n) is 16.5. The van der Waals surface area contributed by atoms with Crippen LogP contribution in [0, 0.1) is 0 Å². The second kappa shape index (κ2) is 8.00. The number of nitrogens with zero attached hydrogens (tertiary/aromatic N) is 3. The molecule has 0 saturated heterocycles. The smallest absolute Gasteiger partial charge is 0.289 e. The van der Waals surface area contributed by atoms with Crippen LogP contribution in [0.2, 0.25) is 0 Å². The quantitative estimate of drug-likeness (QED) is 0.341. The number of imidazole rings is 1. The monoisotopic (exact) mass is 412 g/mol. The summed E-state index contributed by atoms with van der Waals surface area (Å²) >= 11 is 0. The van der Waals surface area contributed by atoms with E-state index in [9.17, 15) is 9.90 Å². The lowest BCUT2D eigenvalue weighted by molar-refractivity contribution is 0.0920. The Morgan fingerprint density at radius 1 is 1.00 bits per heavy atom. The number of H-pyrrole nitrogens is 2. The molecular weight excluding hydrogens is 392 g/mol. The van der Waals surface area contributed by atoms with E-state index in [1.807, 2.05) is 54.6 Å². The van der Waals surface area contributed by atoms with E-state index in [0.29, 0.717) is 17.5 Å². The number of aliphatic hydroxyl groups is 1. The molecule has 0 aliphatic carbocycles. The van der Waals surface area contributed by atoms with Crippen molar-refractivity contribution in [2.24, 2.45) is 0 Å². The van der Waals surface area contributed by atoms with Crippen molar-refractivity contribution in [1.82, 2.24) is 30.5 Å². The number of aromatic amines is 2. The molecule has 0 aliphatic heterocycles. The Labute approximate surface area is 177 Å². The molecule has 0 aliphatic rings. The fourth-order valence-corrected chi connectivity index (χ4v) is 3.72. The summed E-state index contributed by atoms with van der Waals surface area (Å²) in [6.07, 6.45) is 3.88. The molecule has 154 valence electrons. The van der Waals surface area contributed by atoms with Crippen LogP contribution in [-0.4, -0.2) is 42.8 Å². The molecule has 0 fully saturated rings. The number of fused-ring (bicyclic) bond motifs is 2. The first-order chi connectivity index (χ1) is 15.2. The number of hydrogen-bond acceptors (Lipinski definition) is 5. The van der Waals surface area contributed by atoms with E-state index in [1.54, 1.807) is 12.4 Å². The van der Waals surface area contributed by atoms with Crippen molar-refractivity contribution >= 4 is 27.8 Å². The SMILES string of the molecule is O=C(NC(CCO)c1ccccc1)c1nc2cc3[nH][nH]c(-c4ccncc4)c3cc2n1. The maximum absolute atomic E-state index is 12.9. The number of aliphatic hydroxyl groups excluding tert-OH is 1. The lowest BCUT2D eigenvalue weighted by atomic mass is 10.0. The summed E-state index contributed by atoms with van der Waals surface area (Å²) in [5.74, 6) is -0.265. The number of carbonyl (C=O) groups excluding carboxylic acids is 1. The third-order valence-electron chi connectivity index (χ3n) is 5.26. The zero-order valence-corrected chi connectivity index (χ0v) is 16.5. The molecule has 0 radical (unpaired) electrons. The third-order valence-corrected chi connectivity index (χ3v) is 5.26. The van der Waals surface area contributed by atoms with Gasteiger partial charge in [-0.1, -0.05) is 30.3 Å². The Morgan fingerprint density at radius 3 is 2.48 bits per heavy atom. The van der Waals surface area contributed by atoms with E-state index in [2.05, 4.69) is 30.5 Å². The van der Waals surface area contributed by atoms with Gasteiger partial charge in [0, 0.05) is 30.0 Å². The molecule has 3 aromatic heterocycles. The van der Waals surface area contributed by atoms with Gasteiger partial charge in [-0.25, -0.2) is 9.97 Å². The van der Waals surface area contributed by atoms with E-state index < -0.39 is 0 Å². The van der Waals surface area contributed by atoms with Gasteiger partial charge >= 0.3 is 0 Å². The summed E-state index contributed by atoms with van der Waals surface area (Å²) in [7, 11) is 0. The average molecular weight is 412 g/mol. The Hall–Kier alpha value is -4.04. The Kier molecular flexibility index (Phi) is 4.89. The van der Waals surface area contributed by atoms with Crippen LogP contribution in [0.25, 0.3) is 33.2 Å². The van der Waals surface area contributed by atoms with Crippen molar-refractivity contribution in [1.29, 1.82) is 0 Å². The summed E-state index contributed by atoms with van der Waals surface area (Å²) in [5.41, 5.74) is 4.97. The Bertz CT molecular complexity index is 1340. The van der Waals surface area contributed by atoms with Crippen molar-refractivity contribution in [3.8, 4) is 11.3 Å². The van der Waals surface area contributed by atoms with Crippen molar-refractivity contribution in [2.75, 3.05) is 6.61 Å². The fourth-order valence-electron chi connectivity index (χ4n) is 3.72. The van der Waals surface area contributed by atoms with Gasteiger partial charge in [0.05, 0.1) is 28.3 Å². The van der Waals surface area contributed by atoms with Crippen LogP contribution in [0.1, 0.15) is 28.6 Å². The highest BCUT2D eigenvalue weighted by Crippen LogP contribution is 2.29. The molecule has 0 spiro atoms. The van der Waals surface area contributed by atoms with Gasteiger partial charge in [0.15, 0.2) is 0 Å². The average Bonchev–Trinajstić information content (AvgIpc) is 3.42. The molecule has 5 aromatic rings. The van der Waals surface area contributed by atoms with Crippen molar-refractivity contribution < 1.29 is 9.90 Å². The number of hydrogen-bond donors (Lipinski definition) is 4.